The van der Waals surface area contributed by atoms with E-state index in [0.29, 0.717) is 29.0 Å². The molecule has 1 saturated heterocycles. The van der Waals surface area contributed by atoms with E-state index in [-0.39, 0.29) is 29.4 Å². The third-order valence-corrected chi connectivity index (χ3v) is 6.20. The molecule has 1 amide bonds. The number of amides is 1. The molecule has 0 spiro atoms. The van der Waals surface area contributed by atoms with E-state index in [1.165, 1.54) is 18.1 Å². The normalized spacial score (nSPS) is 16.8. The van der Waals surface area contributed by atoms with Crippen molar-refractivity contribution in [2.45, 2.75) is 12.5 Å². The summed E-state index contributed by atoms with van der Waals surface area (Å²) in [5.74, 6) is -0.503. The Hall–Kier alpha value is -4.46. The summed E-state index contributed by atoms with van der Waals surface area (Å²) in [5.41, 5.74) is 1.80. The molecule has 3 aromatic carbocycles. The van der Waals surface area contributed by atoms with Crippen molar-refractivity contribution >= 4 is 17.4 Å². The number of ether oxygens (including phenoxy) is 3. The van der Waals surface area contributed by atoms with Crippen LogP contribution in [0.2, 0.25) is 0 Å². The molecule has 4 rings (SSSR count). The molecule has 0 radical (unpaired) electrons. The number of aliphatic hydroxyl groups excluding tert-OH is 1. The van der Waals surface area contributed by atoms with Crippen LogP contribution in [0.5, 0.6) is 23.0 Å². The van der Waals surface area contributed by atoms with Crippen LogP contribution in [0.3, 0.4) is 0 Å². The average Bonchev–Trinajstić information content (AvgIpc) is 3.16. The number of nitrogens with zero attached hydrogens (tertiary/aromatic N) is 1. The Kier molecular flexibility index (Phi) is 7.15. The molecule has 3 aromatic rings. The highest BCUT2D eigenvalue weighted by Gasteiger charge is 2.46. The van der Waals surface area contributed by atoms with Crippen LogP contribution in [0.25, 0.3) is 5.76 Å². The molecular weight excluding hydrogens is 462 g/mol. The Labute approximate surface area is 209 Å². The van der Waals surface area contributed by atoms with Gasteiger partial charge < -0.3 is 29.3 Å². The van der Waals surface area contributed by atoms with Gasteiger partial charge in [0.2, 0.25) is 0 Å². The number of aromatic hydroxyl groups is 1. The highest BCUT2D eigenvalue weighted by atomic mass is 16.5. The largest absolute Gasteiger partial charge is 0.507 e. The number of rotatable bonds is 8. The highest BCUT2D eigenvalue weighted by molar-refractivity contribution is 6.46. The van der Waals surface area contributed by atoms with Gasteiger partial charge in [0.05, 0.1) is 32.9 Å². The smallest absolute Gasteiger partial charge is 0.295 e. The Morgan fingerprint density at radius 3 is 2.22 bits per heavy atom. The lowest BCUT2D eigenvalue weighted by Gasteiger charge is -2.26. The van der Waals surface area contributed by atoms with E-state index in [2.05, 4.69) is 0 Å². The number of carbonyl (C=O) groups excluding carboxylic acids is 2. The lowest BCUT2D eigenvalue weighted by Crippen LogP contribution is -2.31. The zero-order chi connectivity index (χ0) is 25.8. The number of phenolic OH excluding ortho intramolecular Hbond substituents is 1. The molecule has 1 atom stereocenters. The number of methoxy groups -OCH3 is 3. The first-order chi connectivity index (χ1) is 17.4. The van der Waals surface area contributed by atoms with Crippen LogP contribution in [0.1, 0.15) is 22.7 Å². The van der Waals surface area contributed by atoms with Crippen molar-refractivity contribution in [1.29, 1.82) is 0 Å². The first-order valence-corrected chi connectivity index (χ1v) is 11.3. The zero-order valence-electron chi connectivity index (χ0n) is 20.2. The van der Waals surface area contributed by atoms with E-state index in [9.17, 15) is 19.8 Å². The van der Waals surface area contributed by atoms with E-state index in [1.54, 1.807) is 62.8 Å². The van der Waals surface area contributed by atoms with Crippen LogP contribution in [0.15, 0.2) is 72.3 Å². The van der Waals surface area contributed by atoms with Crippen LogP contribution in [-0.4, -0.2) is 54.7 Å². The standard InChI is InChI=1S/C28H27NO7/c1-34-21-12-9-17(15-23(21)36-3)13-14-29-25(19-10-11-20(30)22(16-19)35-2)24(27(32)28(29)33)26(31)18-7-5-4-6-8-18/h4-12,15-16,25,30-31H,13-14H2,1-3H3/t25-/m1/s1. The maximum absolute atomic E-state index is 13.2. The average molecular weight is 490 g/mol. The van der Waals surface area contributed by atoms with Gasteiger partial charge in [0, 0.05) is 12.1 Å². The predicted octanol–water partition coefficient (Wildman–Crippen LogP) is 4.08. The number of phenols is 1. The molecule has 0 unspecified atom stereocenters. The van der Waals surface area contributed by atoms with Gasteiger partial charge in [-0.2, -0.15) is 0 Å². The molecular formula is C28H27NO7. The van der Waals surface area contributed by atoms with Gasteiger partial charge in [-0.1, -0.05) is 42.5 Å². The lowest BCUT2D eigenvalue weighted by atomic mass is 9.95. The fraction of sp³-hybridized carbons (Fsp3) is 0.214. The molecule has 0 aliphatic carbocycles. The van der Waals surface area contributed by atoms with Crippen molar-refractivity contribution in [3.8, 4) is 23.0 Å². The number of carbonyl (C=O) groups is 2. The van der Waals surface area contributed by atoms with Crippen molar-refractivity contribution in [1.82, 2.24) is 4.90 Å². The van der Waals surface area contributed by atoms with Crippen LogP contribution >= 0.6 is 0 Å². The van der Waals surface area contributed by atoms with E-state index in [4.69, 9.17) is 14.2 Å². The summed E-state index contributed by atoms with van der Waals surface area (Å²) in [6.07, 6.45) is 0.421. The molecule has 0 saturated carbocycles. The predicted molar refractivity (Wildman–Crippen MR) is 133 cm³/mol. The number of likely N-dealkylation sites (tertiary alicyclic amines) is 1. The number of aliphatic hydroxyl groups is 1. The topological polar surface area (TPSA) is 106 Å². The molecule has 8 heteroatoms. The van der Waals surface area contributed by atoms with Crippen molar-refractivity contribution in [3.63, 3.8) is 0 Å². The molecule has 1 heterocycles. The summed E-state index contributed by atoms with van der Waals surface area (Å²) in [7, 11) is 4.51. The van der Waals surface area contributed by atoms with Gasteiger partial charge in [-0.25, -0.2) is 0 Å². The number of Topliss-reactive ketones (excluding diaryl/α,β-unsaturated/α-hetero) is 1. The van der Waals surface area contributed by atoms with Crippen molar-refractivity contribution in [3.05, 3.63) is 89.0 Å². The summed E-state index contributed by atoms with van der Waals surface area (Å²) in [6, 6.07) is 17.8. The number of ketones is 1. The number of hydrogen-bond donors (Lipinski definition) is 2. The van der Waals surface area contributed by atoms with Gasteiger partial charge in [-0.15, -0.1) is 0 Å². The summed E-state index contributed by atoms with van der Waals surface area (Å²) in [6.45, 7) is 0.194. The Balaban J connectivity index is 1.77. The van der Waals surface area contributed by atoms with E-state index in [1.807, 2.05) is 12.1 Å². The quantitative estimate of drug-likeness (QED) is 0.279. The van der Waals surface area contributed by atoms with Crippen LogP contribution in [-0.2, 0) is 16.0 Å². The molecule has 0 aromatic heterocycles. The summed E-state index contributed by atoms with van der Waals surface area (Å²) in [4.78, 5) is 27.8. The monoisotopic (exact) mass is 489 g/mol. The Bertz CT molecular complexity index is 1320. The summed E-state index contributed by atoms with van der Waals surface area (Å²) < 4.78 is 15.9. The Morgan fingerprint density at radius 1 is 0.861 bits per heavy atom. The fourth-order valence-corrected chi connectivity index (χ4v) is 4.36. The molecule has 2 N–H and O–H groups in total. The van der Waals surface area contributed by atoms with Gasteiger partial charge in [0.1, 0.15) is 5.76 Å². The van der Waals surface area contributed by atoms with Gasteiger partial charge in [0.15, 0.2) is 23.0 Å². The minimum atomic E-state index is -0.875. The second-order valence-corrected chi connectivity index (χ2v) is 8.23. The number of hydrogen-bond acceptors (Lipinski definition) is 7. The molecule has 8 nitrogen and oxygen atoms in total. The minimum Gasteiger partial charge on any atom is -0.507 e. The van der Waals surface area contributed by atoms with Crippen LogP contribution in [0.4, 0.5) is 0 Å². The van der Waals surface area contributed by atoms with Crippen molar-refractivity contribution < 1.29 is 34.0 Å². The van der Waals surface area contributed by atoms with Gasteiger partial charge in [-0.3, -0.25) is 9.59 Å². The SMILES string of the molecule is COc1cc([C@@H]2C(=C(O)c3ccccc3)C(=O)C(=O)N2CCc2ccc(OC)c(OC)c2)ccc1O. The van der Waals surface area contributed by atoms with E-state index in [0.717, 1.165) is 5.56 Å². The van der Waals surface area contributed by atoms with Crippen molar-refractivity contribution in [2.75, 3.05) is 27.9 Å². The molecule has 186 valence electrons. The lowest BCUT2D eigenvalue weighted by molar-refractivity contribution is -0.139. The highest BCUT2D eigenvalue weighted by Crippen LogP contribution is 2.42. The van der Waals surface area contributed by atoms with E-state index < -0.39 is 17.7 Å². The molecule has 1 aliphatic rings. The minimum absolute atomic E-state index is 0.0220. The third-order valence-electron chi connectivity index (χ3n) is 6.20. The zero-order valence-corrected chi connectivity index (χ0v) is 20.2. The molecule has 36 heavy (non-hydrogen) atoms. The first-order valence-electron chi connectivity index (χ1n) is 11.3. The summed E-state index contributed by atoms with van der Waals surface area (Å²) >= 11 is 0. The second-order valence-electron chi connectivity index (χ2n) is 8.23. The number of benzene rings is 3. The maximum Gasteiger partial charge on any atom is 0.295 e. The van der Waals surface area contributed by atoms with Crippen LogP contribution < -0.4 is 14.2 Å². The van der Waals surface area contributed by atoms with E-state index >= 15 is 0 Å². The fourth-order valence-electron chi connectivity index (χ4n) is 4.36. The summed E-state index contributed by atoms with van der Waals surface area (Å²) in [5, 5.41) is 21.2. The third kappa shape index (κ3) is 4.57. The van der Waals surface area contributed by atoms with Gasteiger partial charge >= 0.3 is 0 Å². The van der Waals surface area contributed by atoms with Crippen molar-refractivity contribution in [2.24, 2.45) is 0 Å². The maximum atomic E-state index is 13.2. The molecule has 0 bridgehead atoms. The first kappa shape index (κ1) is 24.7. The van der Waals surface area contributed by atoms with Crippen LogP contribution in [0, 0.1) is 0 Å². The van der Waals surface area contributed by atoms with Gasteiger partial charge in [0.25, 0.3) is 11.7 Å². The Morgan fingerprint density at radius 2 is 1.56 bits per heavy atom. The molecule has 1 fully saturated rings. The second kappa shape index (κ2) is 10.4. The van der Waals surface area contributed by atoms with Gasteiger partial charge in [-0.05, 0) is 41.8 Å². The molecule has 1 aliphatic heterocycles.